The van der Waals surface area contributed by atoms with E-state index in [2.05, 4.69) is 0 Å². The van der Waals surface area contributed by atoms with Crippen LogP contribution in [0.2, 0.25) is 0 Å². The van der Waals surface area contributed by atoms with Gasteiger partial charge in [0.05, 0.1) is 0 Å². The van der Waals surface area contributed by atoms with E-state index in [9.17, 15) is 4.79 Å². The second kappa shape index (κ2) is 4.67. The molecule has 13 heavy (non-hydrogen) atoms. The van der Waals surface area contributed by atoms with E-state index in [1.807, 2.05) is 30.3 Å². The van der Waals surface area contributed by atoms with Crippen LogP contribution in [0.3, 0.4) is 0 Å². The first-order valence-electron chi connectivity index (χ1n) is 3.77. The average Bonchev–Trinajstić information content (AvgIpc) is 2.04. The van der Waals surface area contributed by atoms with Crippen LogP contribution in [0.4, 0.5) is 0 Å². The molecule has 0 aliphatic heterocycles. The van der Waals surface area contributed by atoms with Gasteiger partial charge in [-0.25, -0.2) is 0 Å². The fourth-order valence-corrected chi connectivity index (χ4v) is 1.41. The SMILES string of the molecule is N=C(N)SC(=O)Cc1ccccc1. The summed E-state index contributed by atoms with van der Waals surface area (Å²) in [5.74, 6) is 0. The minimum atomic E-state index is -0.152. The molecule has 0 saturated heterocycles. The van der Waals surface area contributed by atoms with Crippen LogP contribution < -0.4 is 5.73 Å². The van der Waals surface area contributed by atoms with E-state index < -0.39 is 0 Å². The number of rotatable bonds is 2. The van der Waals surface area contributed by atoms with Crippen molar-refractivity contribution in [2.24, 2.45) is 5.73 Å². The molecule has 0 radical (unpaired) electrons. The Balaban J connectivity index is 2.50. The van der Waals surface area contributed by atoms with Crippen molar-refractivity contribution in [3.05, 3.63) is 35.9 Å². The minimum absolute atomic E-state index is 0.0984. The number of hydrogen-bond donors (Lipinski definition) is 2. The maximum atomic E-state index is 11.2. The summed E-state index contributed by atoms with van der Waals surface area (Å²) in [6.07, 6.45) is 0.324. The minimum Gasteiger partial charge on any atom is -0.378 e. The van der Waals surface area contributed by atoms with Gasteiger partial charge >= 0.3 is 0 Å². The van der Waals surface area contributed by atoms with Crippen molar-refractivity contribution < 1.29 is 4.79 Å². The van der Waals surface area contributed by atoms with Crippen LogP contribution in [-0.2, 0) is 11.2 Å². The standard InChI is InChI=1S/C9H10N2OS/c10-9(11)13-8(12)6-7-4-2-1-3-5-7/h1-5H,6H2,(H3,10,11). The first-order valence-corrected chi connectivity index (χ1v) is 4.59. The molecule has 1 aromatic carbocycles. The molecular weight excluding hydrogens is 184 g/mol. The third-order valence-corrected chi connectivity index (χ3v) is 2.01. The Kier molecular flexibility index (Phi) is 3.52. The normalized spacial score (nSPS) is 9.54. The Hall–Kier alpha value is -1.29. The molecule has 0 atom stereocenters. The molecule has 3 nitrogen and oxygen atoms in total. The van der Waals surface area contributed by atoms with Gasteiger partial charge in [0, 0.05) is 6.42 Å². The van der Waals surface area contributed by atoms with E-state index in [0.29, 0.717) is 6.42 Å². The van der Waals surface area contributed by atoms with Gasteiger partial charge in [0.2, 0.25) is 5.12 Å². The average molecular weight is 194 g/mol. The number of nitrogens with two attached hydrogens (primary N) is 1. The molecule has 1 rings (SSSR count). The molecule has 0 amide bonds. The van der Waals surface area contributed by atoms with E-state index in [4.69, 9.17) is 11.1 Å². The number of carbonyl (C=O) groups excluding carboxylic acids is 1. The number of hydrogen-bond acceptors (Lipinski definition) is 3. The van der Waals surface area contributed by atoms with Crippen LogP contribution in [0.1, 0.15) is 5.56 Å². The Morgan fingerprint density at radius 2 is 2.00 bits per heavy atom. The smallest absolute Gasteiger partial charge is 0.200 e. The summed E-state index contributed by atoms with van der Waals surface area (Å²) >= 11 is 0.771. The first kappa shape index (κ1) is 9.80. The lowest BCUT2D eigenvalue weighted by molar-refractivity contribution is -0.110. The lowest BCUT2D eigenvalue weighted by Crippen LogP contribution is -2.09. The predicted molar refractivity (Wildman–Crippen MR) is 54.7 cm³/mol. The van der Waals surface area contributed by atoms with E-state index in [0.717, 1.165) is 17.3 Å². The summed E-state index contributed by atoms with van der Waals surface area (Å²) in [7, 11) is 0. The monoisotopic (exact) mass is 194 g/mol. The summed E-state index contributed by atoms with van der Waals surface area (Å²) in [6.45, 7) is 0. The molecule has 0 unspecified atom stereocenters. The molecule has 4 heteroatoms. The third kappa shape index (κ3) is 3.75. The van der Waals surface area contributed by atoms with Crippen molar-refractivity contribution in [1.29, 1.82) is 5.41 Å². The largest absolute Gasteiger partial charge is 0.378 e. The van der Waals surface area contributed by atoms with Gasteiger partial charge in [0.1, 0.15) is 0 Å². The van der Waals surface area contributed by atoms with E-state index in [1.54, 1.807) is 0 Å². The van der Waals surface area contributed by atoms with Gasteiger partial charge in [-0.2, -0.15) is 0 Å². The van der Waals surface area contributed by atoms with Crippen molar-refractivity contribution in [3.63, 3.8) is 0 Å². The van der Waals surface area contributed by atoms with Crippen LogP contribution in [-0.4, -0.2) is 10.3 Å². The summed E-state index contributed by atoms with van der Waals surface area (Å²) in [6, 6.07) is 9.39. The summed E-state index contributed by atoms with van der Waals surface area (Å²) in [5.41, 5.74) is 6.02. The van der Waals surface area contributed by atoms with Crippen LogP contribution >= 0.6 is 11.8 Å². The second-order valence-electron chi connectivity index (χ2n) is 2.50. The van der Waals surface area contributed by atoms with Gasteiger partial charge in [0.15, 0.2) is 5.17 Å². The van der Waals surface area contributed by atoms with Crippen LogP contribution in [0, 0.1) is 5.41 Å². The van der Waals surface area contributed by atoms with E-state index in [1.165, 1.54) is 0 Å². The lowest BCUT2D eigenvalue weighted by atomic mass is 10.2. The molecule has 0 aliphatic rings. The third-order valence-electron chi connectivity index (χ3n) is 1.42. The lowest BCUT2D eigenvalue weighted by Gasteiger charge is -1.98. The summed E-state index contributed by atoms with van der Waals surface area (Å²) < 4.78 is 0. The van der Waals surface area contributed by atoms with Crippen molar-refractivity contribution in [2.75, 3.05) is 0 Å². The molecule has 3 N–H and O–H groups in total. The van der Waals surface area contributed by atoms with Crippen LogP contribution in [0.15, 0.2) is 30.3 Å². The van der Waals surface area contributed by atoms with Gasteiger partial charge in [-0.1, -0.05) is 30.3 Å². The van der Waals surface area contributed by atoms with Crippen molar-refractivity contribution in [3.8, 4) is 0 Å². The zero-order chi connectivity index (χ0) is 9.68. The highest BCUT2D eigenvalue weighted by Gasteiger charge is 2.05. The topological polar surface area (TPSA) is 66.9 Å². The van der Waals surface area contributed by atoms with Crippen molar-refractivity contribution in [2.45, 2.75) is 6.42 Å². The molecule has 0 spiro atoms. The van der Waals surface area contributed by atoms with Crippen LogP contribution in [0.5, 0.6) is 0 Å². The zero-order valence-corrected chi connectivity index (χ0v) is 7.80. The highest BCUT2D eigenvalue weighted by molar-refractivity contribution is 8.26. The molecule has 0 bridgehead atoms. The van der Waals surface area contributed by atoms with Gasteiger partial charge < -0.3 is 5.73 Å². The number of carbonyl (C=O) groups is 1. The van der Waals surface area contributed by atoms with Crippen LogP contribution in [0.25, 0.3) is 0 Å². The quantitative estimate of drug-likeness (QED) is 0.552. The number of amidine groups is 1. The fourth-order valence-electron chi connectivity index (χ4n) is 0.921. The summed E-state index contributed by atoms with van der Waals surface area (Å²) in [4.78, 5) is 11.2. The predicted octanol–water partition coefficient (Wildman–Crippen LogP) is 1.38. The van der Waals surface area contributed by atoms with Gasteiger partial charge in [-0.3, -0.25) is 10.2 Å². The fraction of sp³-hybridized carbons (Fsp3) is 0.111. The maximum Gasteiger partial charge on any atom is 0.200 e. The first-order chi connectivity index (χ1) is 6.18. The molecule has 1 aromatic rings. The van der Waals surface area contributed by atoms with Gasteiger partial charge in [-0.05, 0) is 17.3 Å². The zero-order valence-electron chi connectivity index (χ0n) is 6.99. The molecular formula is C9H10N2OS. The Morgan fingerprint density at radius 1 is 1.38 bits per heavy atom. The Bertz CT molecular complexity index is 311. The number of nitrogens with one attached hydrogen (secondary N) is 1. The van der Waals surface area contributed by atoms with E-state index in [-0.39, 0.29) is 10.3 Å². The maximum absolute atomic E-state index is 11.2. The molecule has 0 aromatic heterocycles. The number of thioether (sulfide) groups is 1. The molecule has 0 fully saturated rings. The molecule has 0 heterocycles. The molecule has 0 saturated carbocycles. The van der Waals surface area contributed by atoms with Gasteiger partial charge in [0.25, 0.3) is 0 Å². The Labute approximate surface area is 80.8 Å². The molecule has 0 aliphatic carbocycles. The van der Waals surface area contributed by atoms with Crippen molar-refractivity contribution >= 4 is 22.0 Å². The second-order valence-corrected chi connectivity index (χ2v) is 3.60. The van der Waals surface area contributed by atoms with E-state index >= 15 is 0 Å². The Morgan fingerprint density at radius 3 is 2.54 bits per heavy atom. The van der Waals surface area contributed by atoms with Gasteiger partial charge in [-0.15, -0.1) is 0 Å². The number of benzene rings is 1. The highest BCUT2D eigenvalue weighted by Crippen LogP contribution is 2.07. The molecule has 68 valence electrons. The highest BCUT2D eigenvalue weighted by atomic mass is 32.2. The summed E-state index contributed by atoms with van der Waals surface area (Å²) in [5, 5.41) is 6.66. The van der Waals surface area contributed by atoms with Crippen molar-refractivity contribution in [1.82, 2.24) is 0 Å².